The minimum absolute atomic E-state index is 0.0990. The molecule has 8 nitrogen and oxygen atoms in total. The molecule has 11 heteroatoms. The third-order valence-corrected chi connectivity index (χ3v) is 6.80. The van der Waals surface area contributed by atoms with E-state index in [0.29, 0.717) is 17.9 Å². The molecule has 0 spiro atoms. The second kappa shape index (κ2) is 13.3. The molecule has 0 bridgehead atoms. The molecule has 0 aliphatic rings. The Morgan fingerprint density at radius 3 is 2.54 bits per heavy atom. The number of carbonyl (C=O) groups is 1. The molecular formula is C30H34F3N7O. The van der Waals surface area contributed by atoms with Crippen molar-refractivity contribution in [2.24, 2.45) is 0 Å². The predicted octanol–water partition coefficient (Wildman–Crippen LogP) is 5.99. The monoisotopic (exact) mass is 565 g/mol. The van der Waals surface area contributed by atoms with Crippen LogP contribution in [-0.4, -0.2) is 51.8 Å². The van der Waals surface area contributed by atoms with Gasteiger partial charge < -0.3 is 21.3 Å². The van der Waals surface area contributed by atoms with Gasteiger partial charge in [0.15, 0.2) is 0 Å². The van der Waals surface area contributed by atoms with Gasteiger partial charge in [0.1, 0.15) is 5.82 Å². The van der Waals surface area contributed by atoms with Gasteiger partial charge in [-0.25, -0.2) is 4.98 Å². The molecule has 4 N–H and O–H groups in total. The molecule has 2 aromatic carbocycles. The van der Waals surface area contributed by atoms with Crippen molar-refractivity contribution in [3.8, 4) is 11.3 Å². The van der Waals surface area contributed by atoms with Crippen molar-refractivity contribution in [3.05, 3.63) is 89.7 Å². The second-order valence-electron chi connectivity index (χ2n) is 9.56. The summed E-state index contributed by atoms with van der Waals surface area (Å²) in [6, 6.07) is 15.1. The lowest BCUT2D eigenvalue weighted by Crippen LogP contribution is -2.25. The molecule has 0 aliphatic carbocycles. The molecule has 0 saturated carbocycles. The largest absolute Gasteiger partial charge is 0.416 e. The number of aromatic nitrogens is 3. The van der Waals surface area contributed by atoms with Crippen LogP contribution in [-0.2, 0) is 12.7 Å². The Kier molecular flexibility index (Phi) is 9.61. The molecule has 2 aromatic heterocycles. The average Bonchev–Trinajstić information content (AvgIpc) is 3.42. The van der Waals surface area contributed by atoms with E-state index in [9.17, 15) is 18.0 Å². The number of anilines is 3. The number of carbonyl (C=O) groups excluding carboxylic acids is 1. The van der Waals surface area contributed by atoms with Crippen LogP contribution >= 0.6 is 0 Å². The number of rotatable bonds is 12. The van der Waals surface area contributed by atoms with Crippen LogP contribution in [0.5, 0.6) is 0 Å². The lowest BCUT2D eigenvalue weighted by atomic mass is 10.1. The Morgan fingerprint density at radius 1 is 1.05 bits per heavy atom. The van der Waals surface area contributed by atoms with Crippen molar-refractivity contribution in [1.29, 1.82) is 0 Å². The van der Waals surface area contributed by atoms with Gasteiger partial charge in [0.2, 0.25) is 0 Å². The minimum Gasteiger partial charge on any atom is -0.398 e. The fraction of sp³-hybridized carbons (Fsp3) is 0.300. The van der Waals surface area contributed by atoms with Gasteiger partial charge in [0.25, 0.3) is 5.91 Å². The van der Waals surface area contributed by atoms with Crippen molar-refractivity contribution < 1.29 is 18.0 Å². The molecule has 0 aliphatic heterocycles. The zero-order valence-electron chi connectivity index (χ0n) is 23.1. The summed E-state index contributed by atoms with van der Waals surface area (Å²) in [5, 5.41) is 10.4. The summed E-state index contributed by atoms with van der Waals surface area (Å²) in [6.07, 6.45) is 0.00530. The van der Waals surface area contributed by atoms with Crippen molar-refractivity contribution in [2.45, 2.75) is 33.0 Å². The van der Waals surface area contributed by atoms with Crippen molar-refractivity contribution in [2.75, 3.05) is 42.5 Å². The first-order valence-electron chi connectivity index (χ1n) is 13.5. The van der Waals surface area contributed by atoms with Crippen LogP contribution < -0.4 is 16.4 Å². The summed E-state index contributed by atoms with van der Waals surface area (Å²) < 4.78 is 40.8. The van der Waals surface area contributed by atoms with Crippen LogP contribution in [0.4, 0.5) is 30.4 Å². The summed E-state index contributed by atoms with van der Waals surface area (Å²) in [7, 11) is 0. The van der Waals surface area contributed by atoms with E-state index < -0.39 is 17.6 Å². The van der Waals surface area contributed by atoms with E-state index in [1.165, 1.54) is 12.1 Å². The Balaban J connectivity index is 1.38. The van der Waals surface area contributed by atoms with E-state index in [1.54, 1.807) is 35.3 Å². The number of nitrogens with one attached hydrogen (secondary N) is 2. The molecule has 0 unspecified atom stereocenters. The van der Waals surface area contributed by atoms with Gasteiger partial charge in [-0.15, -0.1) is 0 Å². The van der Waals surface area contributed by atoms with Crippen LogP contribution in [0.2, 0.25) is 0 Å². The van der Waals surface area contributed by atoms with Gasteiger partial charge in [-0.3, -0.25) is 9.48 Å². The van der Waals surface area contributed by atoms with Gasteiger partial charge >= 0.3 is 6.18 Å². The van der Waals surface area contributed by atoms with Crippen molar-refractivity contribution in [3.63, 3.8) is 0 Å². The van der Waals surface area contributed by atoms with Crippen LogP contribution in [0.3, 0.4) is 0 Å². The molecule has 4 rings (SSSR count). The Morgan fingerprint density at radius 2 is 1.85 bits per heavy atom. The third kappa shape index (κ3) is 7.85. The number of hydrogen-bond donors (Lipinski definition) is 3. The number of pyridine rings is 1. The summed E-state index contributed by atoms with van der Waals surface area (Å²) in [4.78, 5) is 19.5. The molecule has 0 radical (unpaired) electrons. The predicted molar refractivity (Wildman–Crippen MR) is 156 cm³/mol. The standard InChI is InChI=1S/C30H34F3N7O/c1-3-39(4-2)16-6-14-35-28-12-10-22(19-36-28)27-13-15-37-40(27)20-23-9-11-25(18-26(23)34)38-29(41)21-7-5-8-24(17-21)30(31,32)33/h5,7-13,15,17-19H,3-4,6,14,16,20,34H2,1-2H3,(H,35,36)(H,38,41). The number of nitrogens with two attached hydrogens (primary N) is 1. The number of halogens is 3. The van der Waals surface area contributed by atoms with E-state index in [1.807, 2.05) is 18.2 Å². The maximum absolute atomic E-state index is 13.0. The number of hydrogen-bond acceptors (Lipinski definition) is 6. The second-order valence-corrected chi connectivity index (χ2v) is 9.56. The Labute approximate surface area is 237 Å². The first-order chi connectivity index (χ1) is 19.7. The molecule has 1 amide bonds. The summed E-state index contributed by atoms with van der Waals surface area (Å²) >= 11 is 0. The maximum Gasteiger partial charge on any atom is 0.416 e. The molecule has 0 atom stereocenters. The molecule has 41 heavy (non-hydrogen) atoms. The fourth-order valence-corrected chi connectivity index (χ4v) is 4.43. The number of alkyl halides is 3. The highest BCUT2D eigenvalue weighted by atomic mass is 19.4. The highest BCUT2D eigenvalue weighted by molar-refractivity contribution is 6.04. The van der Waals surface area contributed by atoms with Gasteiger partial charge in [-0.1, -0.05) is 26.0 Å². The lowest BCUT2D eigenvalue weighted by Gasteiger charge is -2.17. The smallest absolute Gasteiger partial charge is 0.398 e. The lowest BCUT2D eigenvalue weighted by molar-refractivity contribution is -0.137. The maximum atomic E-state index is 13.0. The van der Waals surface area contributed by atoms with Gasteiger partial charge in [-0.05, 0) is 80.1 Å². The summed E-state index contributed by atoms with van der Waals surface area (Å²) in [5.74, 6) is 0.151. The van der Waals surface area contributed by atoms with E-state index in [2.05, 4.69) is 39.5 Å². The molecule has 2 heterocycles. The third-order valence-electron chi connectivity index (χ3n) is 6.80. The summed E-state index contributed by atoms with van der Waals surface area (Å²) in [5.41, 5.74) is 8.61. The molecule has 216 valence electrons. The van der Waals surface area contributed by atoms with Crippen molar-refractivity contribution in [1.82, 2.24) is 19.7 Å². The highest BCUT2D eigenvalue weighted by Crippen LogP contribution is 2.30. The normalized spacial score (nSPS) is 11.6. The average molecular weight is 566 g/mol. The first kappa shape index (κ1) is 29.6. The molecule has 0 saturated heterocycles. The zero-order valence-corrected chi connectivity index (χ0v) is 23.1. The van der Waals surface area contributed by atoms with Crippen LogP contribution in [0.25, 0.3) is 11.3 Å². The minimum atomic E-state index is -4.53. The Hall–Kier alpha value is -4.38. The van der Waals surface area contributed by atoms with Crippen LogP contribution in [0, 0.1) is 0 Å². The van der Waals surface area contributed by atoms with Crippen molar-refractivity contribution >= 4 is 23.1 Å². The van der Waals surface area contributed by atoms with Crippen LogP contribution in [0.15, 0.2) is 73.1 Å². The number of amides is 1. The van der Waals surface area contributed by atoms with Gasteiger partial charge in [0.05, 0.1) is 17.8 Å². The van der Waals surface area contributed by atoms with E-state index in [0.717, 1.165) is 67.4 Å². The molecule has 0 fully saturated rings. The molecule has 4 aromatic rings. The van der Waals surface area contributed by atoms with Gasteiger partial charge in [0, 0.05) is 41.4 Å². The Bertz CT molecular complexity index is 1450. The highest BCUT2D eigenvalue weighted by Gasteiger charge is 2.30. The first-order valence-corrected chi connectivity index (χ1v) is 13.5. The number of nitrogen functional groups attached to an aromatic ring is 1. The topological polar surface area (TPSA) is 101 Å². The molecular weight excluding hydrogens is 531 g/mol. The van der Waals surface area contributed by atoms with E-state index >= 15 is 0 Å². The number of benzene rings is 2. The quantitative estimate of drug-likeness (QED) is 0.144. The van der Waals surface area contributed by atoms with E-state index in [4.69, 9.17) is 5.73 Å². The summed E-state index contributed by atoms with van der Waals surface area (Å²) in [6.45, 7) is 8.69. The van der Waals surface area contributed by atoms with E-state index in [-0.39, 0.29) is 5.56 Å². The SMILES string of the molecule is CCN(CC)CCCNc1ccc(-c2ccnn2Cc2ccc(NC(=O)c3cccc(C(F)(F)F)c3)cc2N)cn1. The number of nitrogens with zero attached hydrogens (tertiary/aromatic N) is 4. The van der Waals surface area contributed by atoms with Crippen LogP contribution in [0.1, 0.15) is 41.8 Å². The fourth-order valence-electron chi connectivity index (χ4n) is 4.43. The zero-order chi connectivity index (χ0) is 29.4. The van der Waals surface area contributed by atoms with Gasteiger partial charge in [-0.2, -0.15) is 18.3 Å².